The van der Waals surface area contributed by atoms with Crippen molar-refractivity contribution in [1.29, 1.82) is 5.26 Å². The maximum absolute atomic E-state index is 10.8. The van der Waals surface area contributed by atoms with Crippen LogP contribution in [0, 0.1) is 11.3 Å². The van der Waals surface area contributed by atoms with E-state index in [1.165, 1.54) is 6.92 Å². The van der Waals surface area contributed by atoms with E-state index in [0.717, 1.165) is 10.9 Å². The Kier molecular flexibility index (Phi) is 2.14. The van der Waals surface area contributed by atoms with Crippen molar-refractivity contribution in [3.05, 3.63) is 30.0 Å². The van der Waals surface area contributed by atoms with Crippen LogP contribution in [0.25, 0.3) is 10.9 Å². The van der Waals surface area contributed by atoms with E-state index in [1.807, 2.05) is 6.07 Å². The fourth-order valence-corrected chi connectivity index (χ4v) is 1.41. The predicted molar refractivity (Wildman–Crippen MR) is 54.3 cm³/mol. The van der Waals surface area contributed by atoms with E-state index in [1.54, 1.807) is 24.4 Å². The van der Waals surface area contributed by atoms with Crippen LogP contribution >= 0.6 is 0 Å². The fraction of sp³-hybridized carbons (Fsp3) is 0.0909. The number of carbonyl (C=O) groups excluding carboxylic acids is 1. The summed E-state index contributed by atoms with van der Waals surface area (Å²) in [6, 6.07) is 7.19. The van der Waals surface area contributed by atoms with Gasteiger partial charge in [0.2, 0.25) is 0 Å². The predicted octanol–water partition coefficient (Wildman–Crippen LogP) is 1.96. The van der Waals surface area contributed by atoms with Crippen molar-refractivity contribution in [2.45, 2.75) is 6.92 Å². The first-order valence-electron chi connectivity index (χ1n) is 4.40. The van der Waals surface area contributed by atoms with Crippen LogP contribution in [0.1, 0.15) is 12.5 Å². The molecular weight excluding hydrogens is 192 g/mol. The molecule has 1 N–H and O–H groups in total. The van der Waals surface area contributed by atoms with Crippen molar-refractivity contribution >= 4 is 16.9 Å². The third-order valence-electron chi connectivity index (χ3n) is 2.03. The lowest BCUT2D eigenvalue weighted by Crippen LogP contribution is -2.00. The van der Waals surface area contributed by atoms with Gasteiger partial charge in [-0.3, -0.25) is 4.79 Å². The van der Waals surface area contributed by atoms with Crippen molar-refractivity contribution in [1.82, 2.24) is 4.98 Å². The lowest BCUT2D eigenvalue weighted by Gasteiger charge is -1.97. The quantitative estimate of drug-likeness (QED) is 0.715. The van der Waals surface area contributed by atoms with Gasteiger partial charge in [0, 0.05) is 18.5 Å². The summed E-state index contributed by atoms with van der Waals surface area (Å²) in [7, 11) is 0. The Morgan fingerprint density at radius 3 is 3.00 bits per heavy atom. The Morgan fingerprint density at radius 1 is 1.53 bits per heavy atom. The summed E-state index contributed by atoms with van der Waals surface area (Å²) in [4.78, 5) is 13.7. The maximum atomic E-state index is 10.8. The second-order valence-electron chi connectivity index (χ2n) is 3.12. The molecule has 0 fully saturated rings. The number of aromatic amines is 1. The van der Waals surface area contributed by atoms with Gasteiger partial charge in [-0.15, -0.1) is 0 Å². The minimum atomic E-state index is -0.361. The van der Waals surface area contributed by atoms with Gasteiger partial charge in [0.25, 0.3) is 0 Å². The van der Waals surface area contributed by atoms with E-state index in [-0.39, 0.29) is 5.97 Å². The molecular formula is C11H8N2O2. The van der Waals surface area contributed by atoms with Gasteiger partial charge >= 0.3 is 5.97 Å². The largest absolute Gasteiger partial charge is 0.424 e. The maximum Gasteiger partial charge on any atom is 0.308 e. The van der Waals surface area contributed by atoms with Gasteiger partial charge in [-0.05, 0) is 18.2 Å². The van der Waals surface area contributed by atoms with E-state index < -0.39 is 0 Å². The highest BCUT2D eigenvalue weighted by atomic mass is 16.5. The molecule has 1 heterocycles. The lowest BCUT2D eigenvalue weighted by atomic mass is 10.2. The molecule has 15 heavy (non-hydrogen) atoms. The van der Waals surface area contributed by atoms with Gasteiger partial charge in [-0.25, -0.2) is 0 Å². The highest BCUT2D eigenvalue weighted by Crippen LogP contribution is 2.25. The van der Waals surface area contributed by atoms with Gasteiger partial charge in [0.15, 0.2) is 5.75 Å². The molecule has 1 aromatic carbocycles. The Balaban J connectivity index is 2.53. The zero-order valence-corrected chi connectivity index (χ0v) is 8.07. The number of nitrogens with zero attached hydrogens (tertiary/aromatic N) is 1. The zero-order valence-electron chi connectivity index (χ0n) is 8.07. The number of H-pyrrole nitrogens is 1. The fourth-order valence-electron chi connectivity index (χ4n) is 1.41. The minimum absolute atomic E-state index is 0.361. The number of benzene rings is 1. The van der Waals surface area contributed by atoms with E-state index in [2.05, 4.69) is 4.98 Å². The number of fused-ring (bicyclic) bond motifs is 1. The van der Waals surface area contributed by atoms with E-state index in [4.69, 9.17) is 10.00 Å². The molecule has 0 atom stereocenters. The molecule has 0 saturated carbocycles. The van der Waals surface area contributed by atoms with Crippen molar-refractivity contribution in [3.63, 3.8) is 0 Å². The minimum Gasteiger partial charge on any atom is -0.424 e. The number of hydrogen-bond acceptors (Lipinski definition) is 3. The van der Waals surface area contributed by atoms with Crippen LogP contribution in [-0.4, -0.2) is 11.0 Å². The topological polar surface area (TPSA) is 65.9 Å². The summed E-state index contributed by atoms with van der Waals surface area (Å²) in [5.74, 6) is 0.127. The van der Waals surface area contributed by atoms with Crippen LogP contribution in [0.3, 0.4) is 0 Å². The normalized spacial score (nSPS) is 9.87. The van der Waals surface area contributed by atoms with Crippen LogP contribution in [0.15, 0.2) is 24.4 Å². The second-order valence-corrected chi connectivity index (χ2v) is 3.12. The summed E-state index contributed by atoms with van der Waals surface area (Å²) >= 11 is 0. The number of esters is 1. The highest BCUT2D eigenvalue weighted by Gasteiger charge is 2.06. The summed E-state index contributed by atoms with van der Waals surface area (Å²) in [5.41, 5.74) is 1.35. The molecule has 0 aliphatic carbocycles. The molecule has 74 valence electrons. The molecule has 2 aromatic rings. The lowest BCUT2D eigenvalue weighted by molar-refractivity contribution is -0.131. The van der Waals surface area contributed by atoms with E-state index >= 15 is 0 Å². The average Bonchev–Trinajstić information content (AvgIpc) is 2.60. The van der Waals surface area contributed by atoms with Gasteiger partial charge in [-0.2, -0.15) is 5.26 Å². The van der Waals surface area contributed by atoms with Gasteiger partial charge in [0.05, 0.1) is 17.1 Å². The molecule has 0 aliphatic heterocycles. The number of nitrogens with one attached hydrogen (secondary N) is 1. The molecule has 0 aliphatic rings. The molecule has 0 radical (unpaired) electrons. The van der Waals surface area contributed by atoms with Crippen molar-refractivity contribution in [3.8, 4) is 11.8 Å². The van der Waals surface area contributed by atoms with Gasteiger partial charge < -0.3 is 9.72 Å². The number of aromatic nitrogens is 1. The molecule has 0 spiro atoms. The number of nitriles is 1. The molecule has 0 unspecified atom stereocenters. The number of hydrogen-bond donors (Lipinski definition) is 1. The SMILES string of the molecule is CC(=O)Oc1c[nH]c2cc(C#N)ccc12. The summed E-state index contributed by atoms with van der Waals surface area (Å²) in [6.07, 6.45) is 1.60. The molecule has 0 saturated heterocycles. The first-order chi connectivity index (χ1) is 7.20. The summed E-state index contributed by atoms with van der Waals surface area (Å²) in [5, 5.41) is 9.50. The molecule has 4 nitrogen and oxygen atoms in total. The van der Waals surface area contributed by atoms with Crippen LogP contribution in [0.2, 0.25) is 0 Å². The third kappa shape index (κ3) is 1.67. The highest BCUT2D eigenvalue weighted by molar-refractivity contribution is 5.89. The molecule has 2 rings (SSSR count). The second kappa shape index (κ2) is 3.46. The number of rotatable bonds is 1. The zero-order chi connectivity index (χ0) is 10.8. The summed E-state index contributed by atoms with van der Waals surface area (Å²) in [6.45, 7) is 1.35. The van der Waals surface area contributed by atoms with Gasteiger partial charge in [-0.1, -0.05) is 0 Å². The van der Waals surface area contributed by atoms with E-state index in [9.17, 15) is 4.79 Å². The molecule has 1 aromatic heterocycles. The number of ether oxygens (including phenoxy) is 1. The van der Waals surface area contributed by atoms with E-state index in [0.29, 0.717) is 11.3 Å². The first-order valence-corrected chi connectivity index (χ1v) is 4.40. The number of carbonyl (C=O) groups is 1. The summed E-state index contributed by atoms with van der Waals surface area (Å²) < 4.78 is 4.99. The van der Waals surface area contributed by atoms with Crippen LogP contribution < -0.4 is 4.74 Å². The van der Waals surface area contributed by atoms with Crippen molar-refractivity contribution < 1.29 is 9.53 Å². The smallest absolute Gasteiger partial charge is 0.308 e. The average molecular weight is 200 g/mol. The standard InChI is InChI=1S/C11H8N2O2/c1-7(14)15-11-6-13-10-4-8(5-12)2-3-9(10)11/h2-4,6,13H,1H3. The Morgan fingerprint density at radius 2 is 2.33 bits per heavy atom. The molecule has 0 amide bonds. The van der Waals surface area contributed by atoms with Gasteiger partial charge in [0.1, 0.15) is 0 Å². The monoisotopic (exact) mass is 200 g/mol. The third-order valence-corrected chi connectivity index (χ3v) is 2.03. The Hall–Kier alpha value is -2.28. The molecule has 0 bridgehead atoms. The van der Waals surface area contributed by atoms with Crippen LogP contribution in [0.5, 0.6) is 5.75 Å². The van der Waals surface area contributed by atoms with Crippen LogP contribution in [0.4, 0.5) is 0 Å². The van der Waals surface area contributed by atoms with Crippen LogP contribution in [-0.2, 0) is 4.79 Å². The molecule has 4 heteroatoms. The Bertz CT molecular complexity index is 563. The van der Waals surface area contributed by atoms with Crippen molar-refractivity contribution in [2.75, 3.05) is 0 Å². The van der Waals surface area contributed by atoms with Crippen molar-refractivity contribution in [2.24, 2.45) is 0 Å². The first kappa shape index (κ1) is 9.28. The Labute approximate surface area is 86.1 Å².